The maximum Gasteiger partial charge on any atom is 0.495 e. The highest BCUT2D eigenvalue weighted by Gasteiger charge is 2.51. The summed E-state index contributed by atoms with van der Waals surface area (Å²) in [6.45, 7) is 9.23. The van der Waals surface area contributed by atoms with E-state index in [4.69, 9.17) is 14.0 Å². The Balaban J connectivity index is 1.89. The van der Waals surface area contributed by atoms with Crippen LogP contribution in [0.3, 0.4) is 0 Å². The summed E-state index contributed by atoms with van der Waals surface area (Å²) in [4.78, 5) is 4.00. The summed E-state index contributed by atoms with van der Waals surface area (Å²) in [5.74, 6) is -0.342. The maximum absolute atomic E-state index is 13.9. The van der Waals surface area contributed by atoms with Gasteiger partial charge in [-0.25, -0.2) is 4.98 Å². The van der Waals surface area contributed by atoms with Crippen molar-refractivity contribution in [2.75, 3.05) is 13.2 Å². The third-order valence-electron chi connectivity index (χ3n) is 4.71. The predicted molar refractivity (Wildman–Crippen MR) is 78.1 cm³/mol. The van der Waals surface area contributed by atoms with Crippen LogP contribution in [0.2, 0.25) is 0 Å². The van der Waals surface area contributed by atoms with E-state index in [1.54, 1.807) is 0 Å². The van der Waals surface area contributed by atoms with Gasteiger partial charge in [0.05, 0.1) is 17.8 Å². The summed E-state index contributed by atoms with van der Waals surface area (Å²) >= 11 is 0. The summed E-state index contributed by atoms with van der Waals surface area (Å²) in [5.41, 5.74) is 0.530. The number of nitrogens with zero attached hydrogens (tertiary/aromatic N) is 1. The van der Waals surface area contributed by atoms with E-state index in [1.807, 2.05) is 33.8 Å². The lowest BCUT2D eigenvalue weighted by atomic mass is 9.78. The van der Waals surface area contributed by atoms with Crippen LogP contribution in [0.5, 0.6) is 0 Å². The highest BCUT2D eigenvalue weighted by Crippen LogP contribution is 2.36. The molecule has 0 bridgehead atoms. The zero-order chi connectivity index (χ0) is 15.3. The third-order valence-corrected chi connectivity index (χ3v) is 4.71. The standard InChI is InChI=1S/C15H21BFNO3/c1-14(2)15(3,4)21-16(20-14)11-7-12(18-13(17)8-11)10-5-6-19-9-10/h7-8,10H,5-6,9H2,1-4H3. The average Bonchev–Trinajstić information content (AvgIpc) is 2.96. The molecule has 2 aliphatic heterocycles. The van der Waals surface area contributed by atoms with E-state index in [1.165, 1.54) is 6.07 Å². The number of hydrogen-bond donors (Lipinski definition) is 0. The number of halogens is 1. The van der Waals surface area contributed by atoms with Crippen molar-refractivity contribution in [3.8, 4) is 0 Å². The first kappa shape index (κ1) is 14.9. The minimum absolute atomic E-state index is 0.155. The first-order valence-corrected chi connectivity index (χ1v) is 7.39. The van der Waals surface area contributed by atoms with Crippen LogP contribution in [-0.2, 0) is 14.0 Å². The van der Waals surface area contributed by atoms with Crippen LogP contribution in [0, 0.1) is 5.95 Å². The second kappa shape index (κ2) is 5.04. The van der Waals surface area contributed by atoms with Crippen molar-refractivity contribution in [1.29, 1.82) is 0 Å². The van der Waals surface area contributed by atoms with Crippen LogP contribution in [-0.4, -0.2) is 36.5 Å². The Morgan fingerprint density at radius 1 is 1.19 bits per heavy atom. The van der Waals surface area contributed by atoms with Gasteiger partial charge < -0.3 is 14.0 Å². The minimum Gasteiger partial charge on any atom is -0.399 e. The van der Waals surface area contributed by atoms with Crippen LogP contribution >= 0.6 is 0 Å². The van der Waals surface area contributed by atoms with Crippen molar-refractivity contribution in [1.82, 2.24) is 4.98 Å². The number of aromatic nitrogens is 1. The fourth-order valence-corrected chi connectivity index (χ4v) is 2.63. The fourth-order valence-electron chi connectivity index (χ4n) is 2.63. The van der Waals surface area contributed by atoms with E-state index in [0.29, 0.717) is 18.7 Å². The molecule has 1 atom stereocenters. The Bertz CT molecular complexity index is 528. The van der Waals surface area contributed by atoms with Crippen molar-refractivity contribution in [3.63, 3.8) is 0 Å². The van der Waals surface area contributed by atoms with Gasteiger partial charge in [-0.15, -0.1) is 0 Å². The Hall–Kier alpha value is -0.975. The molecule has 0 N–H and O–H groups in total. The minimum atomic E-state index is -0.562. The van der Waals surface area contributed by atoms with Gasteiger partial charge in [0.2, 0.25) is 5.95 Å². The Morgan fingerprint density at radius 3 is 2.43 bits per heavy atom. The van der Waals surface area contributed by atoms with Crippen molar-refractivity contribution >= 4 is 12.6 Å². The number of hydrogen-bond acceptors (Lipinski definition) is 4. The summed E-state index contributed by atoms with van der Waals surface area (Å²) in [6.07, 6.45) is 0.874. The first-order chi connectivity index (χ1) is 9.78. The third kappa shape index (κ3) is 2.72. The van der Waals surface area contributed by atoms with Gasteiger partial charge in [0.15, 0.2) is 0 Å². The summed E-state index contributed by atoms with van der Waals surface area (Å²) in [6, 6.07) is 3.27. The molecule has 1 aromatic heterocycles. The van der Waals surface area contributed by atoms with E-state index in [0.717, 1.165) is 12.1 Å². The zero-order valence-electron chi connectivity index (χ0n) is 13.0. The van der Waals surface area contributed by atoms with Crippen LogP contribution in [0.1, 0.15) is 45.7 Å². The lowest BCUT2D eigenvalue weighted by Crippen LogP contribution is -2.41. The van der Waals surface area contributed by atoms with Gasteiger partial charge in [0.1, 0.15) is 0 Å². The van der Waals surface area contributed by atoms with Crippen LogP contribution in [0.15, 0.2) is 12.1 Å². The molecular formula is C15H21BFNO3. The van der Waals surface area contributed by atoms with Crippen molar-refractivity contribution in [2.45, 2.75) is 51.2 Å². The van der Waals surface area contributed by atoms with Gasteiger partial charge in [-0.1, -0.05) is 0 Å². The number of ether oxygens (including phenoxy) is 1. The zero-order valence-corrected chi connectivity index (χ0v) is 13.0. The first-order valence-electron chi connectivity index (χ1n) is 7.39. The molecule has 6 heteroatoms. The largest absolute Gasteiger partial charge is 0.495 e. The molecule has 0 aromatic carbocycles. The van der Waals surface area contributed by atoms with E-state index in [-0.39, 0.29) is 5.92 Å². The van der Waals surface area contributed by atoms with Crippen molar-refractivity contribution in [2.24, 2.45) is 0 Å². The van der Waals surface area contributed by atoms with E-state index in [2.05, 4.69) is 4.98 Å². The molecule has 4 nitrogen and oxygen atoms in total. The van der Waals surface area contributed by atoms with Crippen LogP contribution in [0.25, 0.3) is 0 Å². The molecular weight excluding hydrogens is 272 g/mol. The molecule has 1 aromatic rings. The Morgan fingerprint density at radius 2 is 1.86 bits per heavy atom. The van der Waals surface area contributed by atoms with Crippen molar-refractivity contribution in [3.05, 3.63) is 23.8 Å². The molecule has 1 unspecified atom stereocenters. The SMILES string of the molecule is CC1(C)OB(c2cc(F)nc(C3CCOC3)c2)OC1(C)C. The highest BCUT2D eigenvalue weighted by molar-refractivity contribution is 6.62. The molecule has 3 rings (SSSR count). The summed E-state index contributed by atoms with van der Waals surface area (Å²) in [5, 5.41) is 0. The molecule has 2 aliphatic rings. The van der Waals surface area contributed by atoms with Gasteiger partial charge in [-0.3, -0.25) is 0 Å². The number of rotatable bonds is 2. The Kier molecular flexibility index (Phi) is 3.58. The summed E-state index contributed by atoms with van der Waals surface area (Å²) < 4.78 is 31.2. The molecule has 0 spiro atoms. The molecule has 0 radical (unpaired) electrons. The van der Waals surface area contributed by atoms with Gasteiger partial charge in [-0.05, 0) is 51.7 Å². The Labute approximate surface area is 125 Å². The molecule has 3 heterocycles. The molecule has 0 aliphatic carbocycles. The van der Waals surface area contributed by atoms with E-state index >= 15 is 0 Å². The van der Waals surface area contributed by atoms with Crippen molar-refractivity contribution < 1.29 is 18.4 Å². The van der Waals surface area contributed by atoms with Crippen LogP contribution in [0.4, 0.5) is 4.39 Å². The topological polar surface area (TPSA) is 40.6 Å². The monoisotopic (exact) mass is 293 g/mol. The highest BCUT2D eigenvalue weighted by atomic mass is 19.1. The average molecular weight is 293 g/mol. The molecule has 2 saturated heterocycles. The van der Waals surface area contributed by atoms with Crippen LogP contribution < -0.4 is 5.46 Å². The van der Waals surface area contributed by atoms with E-state index < -0.39 is 24.3 Å². The molecule has 0 saturated carbocycles. The fraction of sp³-hybridized carbons (Fsp3) is 0.667. The molecule has 21 heavy (non-hydrogen) atoms. The molecule has 114 valence electrons. The second-order valence-corrected chi connectivity index (χ2v) is 6.80. The second-order valence-electron chi connectivity index (χ2n) is 6.80. The predicted octanol–water partition coefficient (Wildman–Crippen LogP) is 2.02. The van der Waals surface area contributed by atoms with Gasteiger partial charge >= 0.3 is 7.12 Å². The van der Waals surface area contributed by atoms with Gasteiger partial charge in [0, 0.05) is 18.2 Å². The normalized spacial score (nSPS) is 27.3. The maximum atomic E-state index is 13.9. The molecule has 0 amide bonds. The molecule has 2 fully saturated rings. The smallest absolute Gasteiger partial charge is 0.399 e. The number of pyridine rings is 1. The lowest BCUT2D eigenvalue weighted by Gasteiger charge is -2.32. The quantitative estimate of drug-likeness (QED) is 0.618. The van der Waals surface area contributed by atoms with E-state index in [9.17, 15) is 4.39 Å². The lowest BCUT2D eigenvalue weighted by molar-refractivity contribution is 0.00578. The van der Waals surface area contributed by atoms with Gasteiger partial charge in [-0.2, -0.15) is 4.39 Å². The van der Waals surface area contributed by atoms with Gasteiger partial charge in [0.25, 0.3) is 0 Å². The summed E-state index contributed by atoms with van der Waals surface area (Å²) in [7, 11) is -0.562.